The van der Waals surface area contributed by atoms with Gasteiger partial charge in [0.15, 0.2) is 0 Å². The highest BCUT2D eigenvalue weighted by atomic mass is 16.2. The van der Waals surface area contributed by atoms with Gasteiger partial charge in [-0.2, -0.15) is 0 Å². The van der Waals surface area contributed by atoms with Gasteiger partial charge in [-0.1, -0.05) is 6.92 Å². The number of hydrogen-bond donors (Lipinski definition) is 2. The zero-order valence-corrected chi connectivity index (χ0v) is 11.9. The molecule has 5 heteroatoms. The van der Waals surface area contributed by atoms with Gasteiger partial charge in [0.1, 0.15) is 0 Å². The average molecular weight is 257 g/mol. The molecule has 0 radical (unpaired) electrons. The third-order valence-electron chi connectivity index (χ3n) is 2.73. The number of rotatable bonds is 10. The van der Waals surface area contributed by atoms with Crippen molar-refractivity contribution in [3.63, 3.8) is 0 Å². The normalized spacial score (nSPS) is 10.2. The van der Waals surface area contributed by atoms with E-state index >= 15 is 0 Å². The Kier molecular flexibility index (Phi) is 10.3. The first-order valence-corrected chi connectivity index (χ1v) is 6.90. The second-order valence-corrected chi connectivity index (χ2v) is 4.17. The lowest BCUT2D eigenvalue weighted by Gasteiger charge is -2.18. The van der Waals surface area contributed by atoms with Gasteiger partial charge in [0.2, 0.25) is 11.8 Å². The Labute approximate surface area is 110 Å². The molecule has 2 amide bonds. The molecule has 0 saturated carbocycles. The molecule has 0 fully saturated rings. The van der Waals surface area contributed by atoms with Crippen molar-refractivity contribution in [3.05, 3.63) is 0 Å². The summed E-state index contributed by atoms with van der Waals surface area (Å²) in [5, 5.41) is 6.00. The number of hydrogen-bond acceptors (Lipinski definition) is 3. The lowest BCUT2D eigenvalue weighted by molar-refractivity contribution is -0.133. The van der Waals surface area contributed by atoms with Gasteiger partial charge in [-0.15, -0.1) is 0 Å². The van der Waals surface area contributed by atoms with Gasteiger partial charge in [0, 0.05) is 39.0 Å². The fourth-order valence-electron chi connectivity index (χ4n) is 1.64. The first-order valence-electron chi connectivity index (χ1n) is 6.90. The van der Waals surface area contributed by atoms with Gasteiger partial charge in [0.05, 0.1) is 0 Å². The lowest BCUT2D eigenvalue weighted by atomic mass is 10.2. The monoisotopic (exact) mass is 257 g/mol. The van der Waals surface area contributed by atoms with Gasteiger partial charge in [-0.3, -0.25) is 9.59 Å². The van der Waals surface area contributed by atoms with E-state index in [2.05, 4.69) is 17.6 Å². The van der Waals surface area contributed by atoms with Gasteiger partial charge < -0.3 is 15.5 Å². The molecule has 0 spiro atoms. The minimum atomic E-state index is -0.0474. The van der Waals surface area contributed by atoms with Crippen LogP contribution < -0.4 is 10.6 Å². The van der Waals surface area contributed by atoms with Crippen LogP contribution in [0, 0.1) is 0 Å². The summed E-state index contributed by atoms with van der Waals surface area (Å²) in [6.45, 7) is 9.78. The zero-order chi connectivity index (χ0) is 13.8. The fraction of sp³-hybridized carbons (Fsp3) is 0.846. The minimum Gasteiger partial charge on any atom is -0.355 e. The summed E-state index contributed by atoms with van der Waals surface area (Å²) < 4.78 is 0. The Hall–Kier alpha value is -1.10. The summed E-state index contributed by atoms with van der Waals surface area (Å²) in [6, 6.07) is 0. The molecule has 0 unspecified atom stereocenters. The molecule has 0 aromatic rings. The van der Waals surface area contributed by atoms with Crippen LogP contribution >= 0.6 is 0 Å². The van der Waals surface area contributed by atoms with E-state index in [0.29, 0.717) is 26.1 Å². The maximum Gasteiger partial charge on any atom is 0.223 e. The summed E-state index contributed by atoms with van der Waals surface area (Å²) in [4.78, 5) is 24.9. The van der Waals surface area contributed by atoms with Gasteiger partial charge in [0.25, 0.3) is 0 Å². The van der Waals surface area contributed by atoms with Crippen LogP contribution in [-0.4, -0.2) is 49.4 Å². The minimum absolute atomic E-state index is 0.0474. The van der Waals surface area contributed by atoms with Crippen molar-refractivity contribution < 1.29 is 9.59 Å². The highest BCUT2D eigenvalue weighted by Crippen LogP contribution is 1.97. The molecular formula is C13H27N3O2. The van der Waals surface area contributed by atoms with E-state index in [-0.39, 0.29) is 18.2 Å². The lowest BCUT2D eigenvalue weighted by Crippen LogP contribution is -2.34. The van der Waals surface area contributed by atoms with E-state index in [4.69, 9.17) is 0 Å². The van der Waals surface area contributed by atoms with Gasteiger partial charge in [-0.25, -0.2) is 0 Å². The standard InChI is InChI=1S/C13H27N3O2/c1-4-9-14-10-11-15-12(17)7-8-13(18)16(5-2)6-3/h14H,4-11H2,1-3H3,(H,15,17). The van der Waals surface area contributed by atoms with Crippen molar-refractivity contribution in [3.8, 4) is 0 Å². The number of carbonyl (C=O) groups excluding carboxylic acids is 2. The molecule has 18 heavy (non-hydrogen) atoms. The van der Waals surface area contributed by atoms with Crippen molar-refractivity contribution in [2.75, 3.05) is 32.7 Å². The molecule has 2 N–H and O–H groups in total. The summed E-state index contributed by atoms with van der Waals surface area (Å²) >= 11 is 0. The molecule has 0 bridgehead atoms. The fourth-order valence-corrected chi connectivity index (χ4v) is 1.64. The molecule has 0 rings (SSSR count). The van der Waals surface area contributed by atoms with Crippen LogP contribution in [0.2, 0.25) is 0 Å². The summed E-state index contributed by atoms with van der Waals surface area (Å²) in [5.74, 6) is 0.00747. The first-order chi connectivity index (χ1) is 8.65. The predicted molar refractivity (Wildman–Crippen MR) is 73.3 cm³/mol. The van der Waals surface area contributed by atoms with E-state index in [0.717, 1.165) is 19.5 Å². The van der Waals surface area contributed by atoms with E-state index in [1.807, 2.05) is 13.8 Å². The number of carbonyl (C=O) groups is 2. The summed E-state index contributed by atoms with van der Waals surface area (Å²) in [7, 11) is 0. The van der Waals surface area contributed by atoms with Crippen LogP contribution in [0.15, 0.2) is 0 Å². The van der Waals surface area contributed by atoms with Crippen molar-refractivity contribution in [1.82, 2.24) is 15.5 Å². The highest BCUT2D eigenvalue weighted by molar-refractivity contribution is 5.83. The van der Waals surface area contributed by atoms with Crippen LogP contribution in [0.3, 0.4) is 0 Å². The predicted octanol–water partition coefficient (Wildman–Crippen LogP) is 0.751. The molecule has 0 aliphatic heterocycles. The number of nitrogens with one attached hydrogen (secondary N) is 2. The zero-order valence-electron chi connectivity index (χ0n) is 11.9. The van der Waals surface area contributed by atoms with Crippen LogP contribution in [0.25, 0.3) is 0 Å². The van der Waals surface area contributed by atoms with Crippen molar-refractivity contribution in [2.45, 2.75) is 40.0 Å². The second-order valence-electron chi connectivity index (χ2n) is 4.17. The highest BCUT2D eigenvalue weighted by Gasteiger charge is 2.11. The van der Waals surface area contributed by atoms with Gasteiger partial charge >= 0.3 is 0 Å². The quantitative estimate of drug-likeness (QED) is 0.568. The van der Waals surface area contributed by atoms with Crippen molar-refractivity contribution in [1.29, 1.82) is 0 Å². The van der Waals surface area contributed by atoms with Crippen LogP contribution in [0.4, 0.5) is 0 Å². The molecule has 0 saturated heterocycles. The molecule has 0 aromatic heterocycles. The maximum absolute atomic E-state index is 11.7. The SMILES string of the molecule is CCCNCCNC(=O)CCC(=O)N(CC)CC. The first kappa shape index (κ1) is 16.9. The number of amides is 2. The Morgan fingerprint density at radius 1 is 0.944 bits per heavy atom. The Bertz CT molecular complexity index is 240. The second kappa shape index (κ2) is 11.0. The van der Waals surface area contributed by atoms with E-state index < -0.39 is 0 Å². The molecule has 106 valence electrons. The molecule has 0 aliphatic rings. The largest absolute Gasteiger partial charge is 0.355 e. The van der Waals surface area contributed by atoms with E-state index in [1.54, 1.807) is 4.90 Å². The molecular weight excluding hydrogens is 230 g/mol. The summed E-state index contributed by atoms with van der Waals surface area (Å²) in [5.41, 5.74) is 0. The van der Waals surface area contributed by atoms with Gasteiger partial charge in [-0.05, 0) is 26.8 Å². The van der Waals surface area contributed by atoms with Crippen molar-refractivity contribution >= 4 is 11.8 Å². The Morgan fingerprint density at radius 2 is 1.61 bits per heavy atom. The Balaban J connectivity index is 3.60. The molecule has 0 heterocycles. The molecule has 5 nitrogen and oxygen atoms in total. The Morgan fingerprint density at radius 3 is 2.17 bits per heavy atom. The smallest absolute Gasteiger partial charge is 0.223 e. The average Bonchev–Trinajstić information content (AvgIpc) is 2.37. The van der Waals surface area contributed by atoms with E-state index in [1.165, 1.54) is 0 Å². The molecule has 0 aliphatic carbocycles. The van der Waals surface area contributed by atoms with E-state index in [9.17, 15) is 9.59 Å². The van der Waals surface area contributed by atoms with Crippen LogP contribution in [-0.2, 0) is 9.59 Å². The number of nitrogens with zero attached hydrogens (tertiary/aromatic N) is 1. The maximum atomic E-state index is 11.7. The topological polar surface area (TPSA) is 61.4 Å². The molecule has 0 atom stereocenters. The summed E-state index contributed by atoms with van der Waals surface area (Å²) in [6.07, 6.45) is 1.67. The van der Waals surface area contributed by atoms with Crippen LogP contribution in [0.1, 0.15) is 40.0 Å². The third-order valence-corrected chi connectivity index (χ3v) is 2.73. The van der Waals surface area contributed by atoms with Crippen LogP contribution in [0.5, 0.6) is 0 Å². The molecule has 0 aromatic carbocycles. The van der Waals surface area contributed by atoms with Crippen molar-refractivity contribution in [2.24, 2.45) is 0 Å². The third kappa shape index (κ3) is 8.06.